The lowest BCUT2D eigenvalue weighted by molar-refractivity contribution is 0.535. The number of rotatable bonds is 1. The summed E-state index contributed by atoms with van der Waals surface area (Å²) in [5, 5.41) is 4.41. The van der Waals surface area contributed by atoms with Crippen LogP contribution in [0.25, 0.3) is 0 Å². The van der Waals surface area contributed by atoms with Crippen molar-refractivity contribution in [2.75, 3.05) is 6.54 Å². The third-order valence-corrected chi connectivity index (χ3v) is 3.05. The predicted molar refractivity (Wildman–Crippen MR) is 67.9 cm³/mol. The Morgan fingerprint density at radius 2 is 2.07 bits per heavy atom. The van der Waals surface area contributed by atoms with Gasteiger partial charge >= 0.3 is 0 Å². The van der Waals surface area contributed by atoms with Crippen LogP contribution in [-0.2, 0) is 0 Å². The summed E-state index contributed by atoms with van der Waals surface area (Å²) in [5.41, 5.74) is 1.33. The van der Waals surface area contributed by atoms with Crippen LogP contribution in [0.15, 0.2) is 24.3 Å². The van der Waals surface area contributed by atoms with Gasteiger partial charge < -0.3 is 5.32 Å². The maximum atomic E-state index is 5.98. The van der Waals surface area contributed by atoms with E-state index in [0.717, 1.165) is 11.6 Å². The van der Waals surface area contributed by atoms with Gasteiger partial charge in [0.15, 0.2) is 0 Å². The van der Waals surface area contributed by atoms with E-state index in [2.05, 4.69) is 17.4 Å². The van der Waals surface area contributed by atoms with Gasteiger partial charge in [0, 0.05) is 11.1 Å². The van der Waals surface area contributed by atoms with Gasteiger partial charge in [-0.3, -0.25) is 0 Å². The average Bonchev–Trinajstić information content (AvgIpc) is 2.45. The maximum absolute atomic E-state index is 5.98. The van der Waals surface area contributed by atoms with Crippen LogP contribution in [0.1, 0.15) is 37.3 Å². The molecule has 1 unspecified atom stereocenters. The molecule has 15 heavy (non-hydrogen) atoms. The zero-order valence-corrected chi connectivity index (χ0v) is 10.3. The number of nitrogens with one attached hydrogen (secondary N) is 1. The maximum Gasteiger partial charge on any atom is 0.0409 e. The van der Waals surface area contributed by atoms with Crippen LogP contribution in [0.4, 0.5) is 0 Å². The van der Waals surface area contributed by atoms with E-state index < -0.39 is 0 Å². The quantitative estimate of drug-likeness (QED) is 0.790. The normalized spacial score (nSPS) is 21.5. The second kappa shape index (κ2) is 6.37. The summed E-state index contributed by atoms with van der Waals surface area (Å²) in [6, 6.07) is 8.71. The minimum atomic E-state index is 0. The summed E-state index contributed by atoms with van der Waals surface area (Å²) in [6.07, 6.45) is 5.21. The fourth-order valence-corrected chi connectivity index (χ4v) is 2.24. The van der Waals surface area contributed by atoms with E-state index in [1.165, 1.54) is 31.2 Å². The van der Waals surface area contributed by atoms with Crippen molar-refractivity contribution in [2.45, 2.75) is 31.7 Å². The molecule has 1 heterocycles. The van der Waals surface area contributed by atoms with Gasteiger partial charge in [-0.25, -0.2) is 0 Å². The van der Waals surface area contributed by atoms with Crippen molar-refractivity contribution >= 4 is 24.0 Å². The second-order valence-corrected chi connectivity index (χ2v) is 4.35. The first-order valence-corrected chi connectivity index (χ1v) is 5.73. The minimum Gasteiger partial charge on any atom is -0.310 e. The molecular formula is C12H17Cl2N. The fourth-order valence-electron chi connectivity index (χ4n) is 2.04. The van der Waals surface area contributed by atoms with Gasteiger partial charge in [0.05, 0.1) is 0 Å². The van der Waals surface area contributed by atoms with Crippen molar-refractivity contribution in [2.24, 2.45) is 0 Å². The van der Waals surface area contributed by atoms with Crippen LogP contribution in [0.2, 0.25) is 5.02 Å². The zero-order valence-electron chi connectivity index (χ0n) is 8.71. The summed E-state index contributed by atoms with van der Waals surface area (Å²) in [7, 11) is 0. The second-order valence-electron chi connectivity index (χ2n) is 3.91. The molecule has 0 radical (unpaired) electrons. The molecule has 1 N–H and O–H groups in total. The number of halogens is 2. The Kier molecular flexibility index (Phi) is 5.44. The van der Waals surface area contributed by atoms with Gasteiger partial charge in [-0.1, -0.05) is 36.6 Å². The molecule has 0 amide bonds. The van der Waals surface area contributed by atoms with E-state index in [9.17, 15) is 0 Å². The van der Waals surface area contributed by atoms with E-state index in [1.807, 2.05) is 12.1 Å². The molecule has 2 rings (SSSR count). The Morgan fingerprint density at radius 3 is 2.87 bits per heavy atom. The Hall–Kier alpha value is -0.240. The third kappa shape index (κ3) is 3.67. The molecule has 0 saturated carbocycles. The fraction of sp³-hybridized carbons (Fsp3) is 0.500. The highest BCUT2D eigenvalue weighted by atomic mass is 35.5. The first-order chi connectivity index (χ1) is 6.86. The molecule has 1 aliphatic rings. The molecule has 1 atom stereocenters. The van der Waals surface area contributed by atoms with Gasteiger partial charge in [-0.2, -0.15) is 0 Å². The van der Waals surface area contributed by atoms with Crippen molar-refractivity contribution in [1.82, 2.24) is 5.32 Å². The van der Waals surface area contributed by atoms with Gasteiger partial charge in [0.2, 0.25) is 0 Å². The highest BCUT2D eigenvalue weighted by Crippen LogP contribution is 2.24. The molecule has 1 aromatic rings. The largest absolute Gasteiger partial charge is 0.310 e. The van der Waals surface area contributed by atoms with E-state index in [0.29, 0.717) is 6.04 Å². The number of hydrogen-bond acceptors (Lipinski definition) is 1. The van der Waals surface area contributed by atoms with Crippen molar-refractivity contribution in [1.29, 1.82) is 0 Å². The van der Waals surface area contributed by atoms with Crippen LogP contribution in [0.3, 0.4) is 0 Å². The lowest BCUT2D eigenvalue weighted by Gasteiger charge is -2.16. The molecular weight excluding hydrogens is 229 g/mol. The molecule has 1 saturated heterocycles. The van der Waals surface area contributed by atoms with E-state index in [1.54, 1.807) is 0 Å². The van der Waals surface area contributed by atoms with Crippen molar-refractivity contribution in [3.05, 3.63) is 34.9 Å². The topological polar surface area (TPSA) is 12.0 Å². The Morgan fingerprint density at radius 1 is 1.20 bits per heavy atom. The summed E-state index contributed by atoms with van der Waals surface area (Å²) in [4.78, 5) is 0. The smallest absolute Gasteiger partial charge is 0.0409 e. The van der Waals surface area contributed by atoms with Crippen LogP contribution in [0, 0.1) is 0 Å². The van der Waals surface area contributed by atoms with Crippen molar-refractivity contribution in [3.63, 3.8) is 0 Å². The summed E-state index contributed by atoms with van der Waals surface area (Å²) in [6.45, 7) is 1.14. The molecule has 1 aromatic carbocycles. The van der Waals surface area contributed by atoms with Gasteiger partial charge in [-0.15, -0.1) is 12.4 Å². The average molecular weight is 246 g/mol. The number of hydrogen-bond donors (Lipinski definition) is 1. The van der Waals surface area contributed by atoms with E-state index in [-0.39, 0.29) is 12.4 Å². The molecule has 3 heteroatoms. The molecule has 1 nitrogen and oxygen atoms in total. The van der Waals surface area contributed by atoms with Crippen LogP contribution < -0.4 is 5.32 Å². The number of benzene rings is 1. The van der Waals surface area contributed by atoms with Crippen LogP contribution in [-0.4, -0.2) is 6.54 Å². The predicted octanol–water partition coefficient (Wildman–Crippen LogP) is 3.97. The van der Waals surface area contributed by atoms with Crippen LogP contribution in [0.5, 0.6) is 0 Å². The molecule has 0 aliphatic carbocycles. The monoisotopic (exact) mass is 245 g/mol. The van der Waals surface area contributed by atoms with Crippen molar-refractivity contribution in [3.8, 4) is 0 Å². The highest BCUT2D eigenvalue weighted by molar-refractivity contribution is 6.30. The Bertz CT molecular complexity index is 293. The van der Waals surface area contributed by atoms with Crippen molar-refractivity contribution < 1.29 is 0 Å². The SMILES string of the molecule is Cl.Clc1cccc(C2CCCCCN2)c1. The lowest BCUT2D eigenvalue weighted by atomic mass is 10.0. The standard InChI is InChI=1S/C12H16ClN.ClH/c13-11-6-4-5-10(9-11)12-7-2-1-3-8-14-12;/h4-6,9,12,14H,1-3,7-8H2;1H. The lowest BCUT2D eigenvalue weighted by Crippen LogP contribution is -2.20. The summed E-state index contributed by atoms with van der Waals surface area (Å²) in [5.74, 6) is 0. The molecule has 0 aromatic heterocycles. The molecule has 1 aliphatic heterocycles. The van der Waals surface area contributed by atoms with E-state index >= 15 is 0 Å². The summed E-state index contributed by atoms with van der Waals surface area (Å²) < 4.78 is 0. The molecule has 0 spiro atoms. The molecule has 0 bridgehead atoms. The van der Waals surface area contributed by atoms with Gasteiger partial charge in [0.25, 0.3) is 0 Å². The Balaban J connectivity index is 0.00000112. The first-order valence-electron chi connectivity index (χ1n) is 5.35. The Labute approximate surface area is 103 Å². The zero-order chi connectivity index (χ0) is 9.80. The van der Waals surface area contributed by atoms with Gasteiger partial charge in [0.1, 0.15) is 0 Å². The summed E-state index contributed by atoms with van der Waals surface area (Å²) >= 11 is 5.98. The third-order valence-electron chi connectivity index (χ3n) is 2.81. The minimum absolute atomic E-state index is 0. The highest BCUT2D eigenvalue weighted by Gasteiger charge is 2.13. The molecule has 1 fully saturated rings. The van der Waals surface area contributed by atoms with E-state index in [4.69, 9.17) is 11.6 Å². The molecule has 84 valence electrons. The van der Waals surface area contributed by atoms with Gasteiger partial charge in [-0.05, 0) is 37.1 Å². The first kappa shape index (κ1) is 12.8. The van der Waals surface area contributed by atoms with Crippen LogP contribution >= 0.6 is 24.0 Å².